The lowest BCUT2D eigenvalue weighted by Crippen LogP contribution is -2.03. The van der Waals surface area contributed by atoms with Gasteiger partial charge in [0.2, 0.25) is 0 Å². The van der Waals surface area contributed by atoms with Gasteiger partial charge >= 0.3 is 0 Å². The molecule has 0 unspecified atom stereocenters. The second-order valence-corrected chi connectivity index (χ2v) is 2.16. The molecule has 0 N–H and O–H groups in total. The van der Waals surface area contributed by atoms with Gasteiger partial charge in [0.25, 0.3) is 0 Å². The minimum atomic E-state index is -0.383. The van der Waals surface area contributed by atoms with Crippen LogP contribution >= 0.6 is 0 Å². The third-order valence-electron chi connectivity index (χ3n) is 0.451. The van der Waals surface area contributed by atoms with Crippen molar-refractivity contribution in [2.75, 3.05) is 0 Å². The van der Waals surface area contributed by atoms with Gasteiger partial charge in [-0.1, -0.05) is 0 Å². The highest BCUT2D eigenvalue weighted by atomic mass is 28.2. The van der Waals surface area contributed by atoms with E-state index in [9.17, 15) is 0 Å². The molecule has 0 aromatic rings. The molecule has 0 aromatic carbocycles. The highest BCUT2D eigenvalue weighted by Gasteiger charge is 1.84. The van der Waals surface area contributed by atoms with E-state index in [4.69, 9.17) is 4.43 Å². The quantitative estimate of drug-likeness (QED) is 0.456. The molecule has 0 aliphatic rings. The van der Waals surface area contributed by atoms with E-state index in [-0.39, 0.29) is 9.76 Å². The summed E-state index contributed by atoms with van der Waals surface area (Å²) in [5.41, 5.74) is 0. The van der Waals surface area contributed by atoms with Gasteiger partial charge in [-0.15, -0.1) is 0 Å². The zero-order valence-electron chi connectivity index (χ0n) is 4.40. The van der Waals surface area contributed by atoms with E-state index >= 15 is 0 Å². The molecule has 0 rings (SSSR count). The molecule has 0 saturated heterocycles. The molecule has 0 atom stereocenters. The summed E-state index contributed by atoms with van der Waals surface area (Å²) in [5.74, 6) is 0. The molecule has 37 valence electrons. The summed E-state index contributed by atoms with van der Waals surface area (Å²) in [7, 11) is -0.383. The van der Waals surface area contributed by atoms with Crippen LogP contribution in [0.4, 0.5) is 0 Å². The van der Waals surface area contributed by atoms with Crippen molar-refractivity contribution in [2.24, 2.45) is 0 Å². The first kappa shape index (κ1) is 6.18. The number of hydrogen-bond donors (Lipinski definition) is 0. The third kappa shape index (κ3) is 4.18. The number of rotatable bonds is 2. The average molecular weight is 103 g/mol. The lowest BCUT2D eigenvalue weighted by Gasteiger charge is -2.00. The van der Waals surface area contributed by atoms with E-state index in [0.717, 1.165) is 0 Å². The van der Waals surface area contributed by atoms with Crippen LogP contribution in [-0.4, -0.2) is 15.9 Å². The maximum absolute atomic E-state index is 5.07. The van der Waals surface area contributed by atoms with Crippen molar-refractivity contribution in [2.45, 2.75) is 20.0 Å². The van der Waals surface area contributed by atoms with Gasteiger partial charge in [0.1, 0.15) is 0 Å². The Morgan fingerprint density at radius 2 is 2.17 bits per heavy atom. The van der Waals surface area contributed by atoms with Crippen LogP contribution in [0.2, 0.25) is 0 Å². The fraction of sp³-hybridized carbons (Fsp3) is 0.750. The lowest BCUT2D eigenvalue weighted by atomic mass is 10.5. The summed E-state index contributed by atoms with van der Waals surface area (Å²) in [6, 6.07) is 0. The molecule has 0 aliphatic heterocycles. The van der Waals surface area contributed by atoms with Crippen LogP contribution in [0.5, 0.6) is 0 Å². The first-order valence-corrected chi connectivity index (χ1v) is 3.76. The van der Waals surface area contributed by atoms with E-state index < -0.39 is 0 Å². The Hall–Kier alpha value is 0.177. The highest BCUT2D eigenvalue weighted by Crippen LogP contribution is 1.81. The SMILES string of the molecule is [CH2][SiH2]OC(C)C. The summed E-state index contributed by atoms with van der Waals surface area (Å²) < 4.78 is 5.07. The summed E-state index contributed by atoms with van der Waals surface area (Å²) in [4.78, 5) is 0. The zero-order valence-corrected chi connectivity index (χ0v) is 5.81. The minimum absolute atomic E-state index is 0.383. The predicted molar refractivity (Wildman–Crippen MR) is 30.1 cm³/mol. The van der Waals surface area contributed by atoms with E-state index in [1.807, 2.05) is 13.8 Å². The van der Waals surface area contributed by atoms with Gasteiger partial charge in [0.05, 0.1) is 0 Å². The van der Waals surface area contributed by atoms with Gasteiger partial charge in [0, 0.05) is 6.10 Å². The maximum Gasteiger partial charge on any atom is 0.161 e. The molecular formula is C4H11OSi. The Morgan fingerprint density at radius 1 is 1.67 bits per heavy atom. The zero-order chi connectivity index (χ0) is 4.99. The molecule has 1 radical (unpaired) electrons. The van der Waals surface area contributed by atoms with Crippen LogP contribution in [0, 0.1) is 6.55 Å². The summed E-state index contributed by atoms with van der Waals surface area (Å²) >= 11 is 0. The molecule has 1 nitrogen and oxygen atoms in total. The van der Waals surface area contributed by atoms with Crippen LogP contribution in [0.25, 0.3) is 0 Å². The van der Waals surface area contributed by atoms with E-state index in [2.05, 4.69) is 6.55 Å². The second-order valence-electron chi connectivity index (χ2n) is 1.42. The Labute approximate surface area is 41.6 Å². The normalized spacial score (nSPS) is 12.0. The Morgan fingerprint density at radius 3 is 2.17 bits per heavy atom. The molecule has 0 aliphatic carbocycles. The van der Waals surface area contributed by atoms with Crippen LogP contribution in [0.3, 0.4) is 0 Å². The van der Waals surface area contributed by atoms with Crippen LogP contribution in [-0.2, 0) is 4.43 Å². The van der Waals surface area contributed by atoms with E-state index in [1.165, 1.54) is 0 Å². The van der Waals surface area contributed by atoms with Gasteiger partial charge in [0.15, 0.2) is 9.76 Å². The van der Waals surface area contributed by atoms with Crippen molar-refractivity contribution in [1.82, 2.24) is 0 Å². The molecule has 0 amide bonds. The van der Waals surface area contributed by atoms with E-state index in [1.54, 1.807) is 0 Å². The molecular weight excluding hydrogens is 92.1 g/mol. The fourth-order valence-corrected chi connectivity index (χ4v) is 0.707. The molecule has 6 heavy (non-hydrogen) atoms. The largest absolute Gasteiger partial charge is 0.422 e. The third-order valence-corrected chi connectivity index (χ3v) is 1.35. The van der Waals surface area contributed by atoms with Gasteiger partial charge < -0.3 is 4.43 Å². The second kappa shape index (κ2) is 3.37. The Bertz CT molecular complexity index is 28.7. The smallest absolute Gasteiger partial charge is 0.161 e. The standard InChI is InChI=1S/C4H11OSi/c1-4(2)5-6-3/h4H,3,6H2,1-2H3. The summed E-state index contributed by atoms with van der Waals surface area (Å²) in [5, 5.41) is 0. The summed E-state index contributed by atoms with van der Waals surface area (Å²) in [6.07, 6.45) is 0.397. The van der Waals surface area contributed by atoms with Gasteiger partial charge in [-0.25, -0.2) is 0 Å². The monoisotopic (exact) mass is 103 g/mol. The average Bonchev–Trinajstić information content (AvgIpc) is 1.35. The van der Waals surface area contributed by atoms with E-state index in [0.29, 0.717) is 6.10 Å². The van der Waals surface area contributed by atoms with Gasteiger partial charge in [-0.2, -0.15) is 0 Å². The molecule has 0 bridgehead atoms. The Kier molecular flexibility index (Phi) is 3.47. The fourth-order valence-electron chi connectivity index (χ4n) is 0.236. The summed E-state index contributed by atoms with van der Waals surface area (Å²) in [6.45, 7) is 7.69. The van der Waals surface area contributed by atoms with Crippen LogP contribution in [0.15, 0.2) is 0 Å². The highest BCUT2D eigenvalue weighted by molar-refractivity contribution is 6.29. The molecule has 0 spiro atoms. The minimum Gasteiger partial charge on any atom is -0.422 e. The van der Waals surface area contributed by atoms with Crippen molar-refractivity contribution in [3.8, 4) is 0 Å². The van der Waals surface area contributed by atoms with Crippen molar-refractivity contribution in [1.29, 1.82) is 0 Å². The number of hydrogen-bond acceptors (Lipinski definition) is 1. The molecule has 0 saturated carbocycles. The van der Waals surface area contributed by atoms with Crippen LogP contribution in [0.1, 0.15) is 13.8 Å². The molecule has 0 fully saturated rings. The first-order valence-electron chi connectivity index (χ1n) is 2.18. The molecule has 0 heterocycles. The lowest BCUT2D eigenvalue weighted by molar-refractivity contribution is 0.260. The van der Waals surface area contributed by atoms with Crippen molar-refractivity contribution >= 4 is 9.76 Å². The first-order chi connectivity index (χ1) is 2.77. The van der Waals surface area contributed by atoms with Crippen molar-refractivity contribution in [3.63, 3.8) is 0 Å². The van der Waals surface area contributed by atoms with Crippen LogP contribution < -0.4 is 0 Å². The topological polar surface area (TPSA) is 9.23 Å². The maximum atomic E-state index is 5.07. The molecule has 0 aromatic heterocycles. The van der Waals surface area contributed by atoms with Gasteiger partial charge in [-0.3, -0.25) is 0 Å². The van der Waals surface area contributed by atoms with Crippen molar-refractivity contribution < 1.29 is 4.43 Å². The predicted octanol–water partition coefficient (Wildman–Crippen LogP) is 0.287. The molecule has 2 heteroatoms. The van der Waals surface area contributed by atoms with Gasteiger partial charge in [-0.05, 0) is 20.4 Å². The Balaban J connectivity index is 2.63. The van der Waals surface area contributed by atoms with Crippen molar-refractivity contribution in [3.05, 3.63) is 6.55 Å².